The molecule has 0 radical (unpaired) electrons. The highest BCUT2D eigenvalue weighted by Gasteiger charge is 2.23. The monoisotopic (exact) mass is 335 g/mol. The fourth-order valence-corrected chi connectivity index (χ4v) is 2.92. The number of nitriles is 1. The molecule has 1 N–H and O–H groups in total. The number of nitrogens with zero attached hydrogens (tertiary/aromatic N) is 4. The van der Waals surface area contributed by atoms with Gasteiger partial charge in [-0.3, -0.25) is 4.79 Å². The Kier molecular flexibility index (Phi) is 5.14. The Morgan fingerprint density at radius 1 is 1.36 bits per heavy atom. The van der Waals surface area contributed by atoms with Crippen molar-refractivity contribution in [2.45, 2.75) is 19.0 Å². The predicted molar refractivity (Wildman–Crippen MR) is 95.8 cm³/mol. The summed E-state index contributed by atoms with van der Waals surface area (Å²) in [5.41, 5.74) is 1.74. The van der Waals surface area contributed by atoms with Gasteiger partial charge in [0.05, 0.1) is 5.56 Å². The number of carbonyl (C=O) groups excluding carboxylic acids is 1. The molecule has 2 aromatic rings. The number of rotatable bonds is 5. The Balaban J connectivity index is 1.58. The van der Waals surface area contributed by atoms with Crippen molar-refractivity contribution in [1.82, 2.24) is 15.2 Å². The molecule has 1 amide bonds. The highest BCUT2D eigenvalue weighted by Crippen LogP contribution is 2.14. The first-order valence-electron chi connectivity index (χ1n) is 8.32. The van der Waals surface area contributed by atoms with Crippen LogP contribution >= 0.6 is 0 Å². The van der Waals surface area contributed by atoms with Crippen LogP contribution in [0.1, 0.15) is 22.3 Å². The van der Waals surface area contributed by atoms with Gasteiger partial charge < -0.3 is 15.1 Å². The van der Waals surface area contributed by atoms with Crippen LogP contribution in [0.3, 0.4) is 0 Å². The summed E-state index contributed by atoms with van der Waals surface area (Å²) in [5.74, 6) is 0.673. The molecule has 3 rings (SSSR count). The van der Waals surface area contributed by atoms with Crippen LogP contribution in [0.5, 0.6) is 0 Å². The zero-order chi connectivity index (χ0) is 17.6. The number of anilines is 1. The third kappa shape index (κ3) is 4.27. The molecule has 1 saturated heterocycles. The fourth-order valence-electron chi connectivity index (χ4n) is 2.92. The van der Waals surface area contributed by atoms with Crippen molar-refractivity contribution in [2.24, 2.45) is 0 Å². The number of carbonyl (C=O) groups is 1. The van der Waals surface area contributed by atoms with E-state index in [0.717, 1.165) is 18.8 Å². The van der Waals surface area contributed by atoms with E-state index in [1.54, 1.807) is 17.2 Å². The van der Waals surface area contributed by atoms with Gasteiger partial charge in [0.25, 0.3) is 5.91 Å². The SMILES string of the molecule is CN(Cc1ccccc1)c1ccc(C(=O)NC2CCN(C#N)C2)cn1. The number of benzene rings is 1. The molecule has 0 bridgehead atoms. The average molecular weight is 335 g/mol. The Morgan fingerprint density at radius 3 is 2.80 bits per heavy atom. The van der Waals surface area contributed by atoms with Crippen molar-refractivity contribution in [3.8, 4) is 6.19 Å². The van der Waals surface area contributed by atoms with Gasteiger partial charge in [-0.2, -0.15) is 5.26 Å². The van der Waals surface area contributed by atoms with Gasteiger partial charge in [-0.15, -0.1) is 0 Å². The van der Waals surface area contributed by atoms with E-state index in [4.69, 9.17) is 5.26 Å². The smallest absolute Gasteiger partial charge is 0.253 e. The lowest BCUT2D eigenvalue weighted by atomic mass is 10.2. The molecule has 0 aliphatic carbocycles. The molecule has 1 atom stereocenters. The van der Waals surface area contributed by atoms with Gasteiger partial charge in [0.15, 0.2) is 6.19 Å². The molecule has 25 heavy (non-hydrogen) atoms. The maximum Gasteiger partial charge on any atom is 0.253 e. The first-order valence-corrected chi connectivity index (χ1v) is 8.32. The number of aromatic nitrogens is 1. The molecule has 0 saturated carbocycles. The van der Waals surface area contributed by atoms with Gasteiger partial charge in [-0.05, 0) is 24.1 Å². The summed E-state index contributed by atoms with van der Waals surface area (Å²) in [7, 11) is 1.98. The third-order valence-corrected chi connectivity index (χ3v) is 4.33. The van der Waals surface area contributed by atoms with Crippen LogP contribution in [0.25, 0.3) is 0 Å². The van der Waals surface area contributed by atoms with Crippen LogP contribution < -0.4 is 10.2 Å². The lowest BCUT2D eigenvalue weighted by Gasteiger charge is -2.18. The molecule has 0 spiro atoms. The zero-order valence-electron chi connectivity index (χ0n) is 14.2. The molecule has 2 heterocycles. The fraction of sp³-hybridized carbons (Fsp3) is 0.316. The molecule has 1 aromatic carbocycles. The van der Waals surface area contributed by atoms with Crippen LogP contribution in [0, 0.1) is 11.5 Å². The van der Waals surface area contributed by atoms with E-state index in [0.29, 0.717) is 18.7 Å². The average Bonchev–Trinajstić information content (AvgIpc) is 3.10. The minimum absolute atomic E-state index is 0.0209. The lowest BCUT2D eigenvalue weighted by molar-refractivity contribution is 0.0938. The van der Waals surface area contributed by atoms with Crippen LogP contribution in [-0.2, 0) is 6.54 Å². The number of amides is 1. The van der Waals surface area contributed by atoms with E-state index in [9.17, 15) is 4.79 Å². The van der Waals surface area contributed by atoms with Crippen molar-refractivity contribution in [3.63, 3.8) is 0 Å². The number of likely N-dealkylation sites (tertiary alicyclic amines) is 1. The molecule has 6 nitrogen and oxygen atoms in total. The van der Waals surface area contributed by atoms with Gasteiger partial charge in [0.1, 0.15) is 5.82 Å². The number of hydrogen-bond donors (Lipinski definition) is 1. The van der Waals surface area contributed by atoms with Crippen LogP contribution in [0.2, 0.25) is 0 Å². The van der Waals surface area contributed by atoms with Gasteiger partial charge in [-0.1, -0.05) is 30.3 Å². The molecule has 1 aromatic heterocycles. The largest absolute Gasteiger partial charge is 0.355 e. The summed E-state index contributed by atoms with van der Waals surface area (Å²) in [6.45, 7) is 2.03. The van der Waals surface area contributed by atoms with Crippen molar-refractivity contribution < 1.29 is 4.79 Å². The Hall–Kier alpha value is -3.07. The summed E-state index contributed by atoms with van der Waals surface area (Å²) < 4.78 is 0. The van der Waals surface area contributed by atoms with Gasteiger partial charge in [-0.25, -0.2) is 4.98 Å². The predicted octanol–water partition coefficient (Wildman–Crippen LogP) is 2.00. The molecule has 1 fully saturated rings. The Morgan fingerprint density at radius 2 is 2.16 bits per heavy atom. The quantitative estimate of drug-likeness (QED) is 0.846. The lowest BCUT2D eigenvalue weighted by Crippen LogP contribution is -2.36. The van der Waals surface area contributed by atoms with Gasteiger partial charge in [0.2, 0.25) is 0 Å². The first-order chi connectivity index (χ1) is 12.2. The van der Waals surface area contributed by atoms with Crippen LogP contribution in [-0.4, -0.2) is 42.0 Å². The molecular weight excluding hydrogens is 314 g/mol. The molecule has 1 aliphatic heterocycles. The standard InChI is InChI=1S/C19H21N5O/c1-23(12-15-5-3-2-4-6-15)18-8-7-16(11-21-18)19(25)22-17-9-10-24(13-17)14-20/h2-8,11,17H,9-10,12-13H2,1H3,(H,22,25). The number of nitrogens with one attached hydrogen (secondary N) is 1. The first kappa shape index (κ1) is 16.8. The van der Waals surface area contributed by atoms with E-state index < -0.39 is 0 Å². The normalized spacial score (nSPS) is 16.3. The minimum Gasteiger partial charge on any atom is -0.355 e. The summed E-state index contributed by atoms with van der Waals surface area (Å²) in [6, 6.07) is 13.8. The summed E-state index contributed by atoms with van der Waals surface area (Å²) in [6.07, 6.45) is 4.51. The Bertz CT molecular complexity index is 754. The van der Waals surface area contributed by atoms with E-state index in [-0.39, 0.29) is 11.9 Å². The second-order valence-corrected chi connectivity index (χ2v) is 6.25. The molecule has 1 aliphatic rings. The van der Waals surface area contributed by atoms with Gasteiger partial charge >= 0.3 is 0 Å². The second kappa shape index (κ2) is 7.67. The maximum atomic E-state index is 12.3. The highest BCUT2D eigenvalue weighted by atomic mass is 16.1. The zero-order valence-corrected chi connectivity index (χ0v) is 14.2. The van der Waals surface area contributed by atoms with Gasteiger partial charge in [0, 0.05) is 38.9 Å². The Labute approximate surface area is 147 Å². The summed E-state index contributed by atoms with van der Waals surface area (Å²) >= 11 is 0. The van der Waals surface area contributed by atoms with E-state index >= 15 is 0 Å². The topological polar surface area (TPSA) is 72.3 Å². The second-order valence-electron chi connectivity index (χ2n) is 6.25. The van der Waals surface area contributed by atoms with Crippen molar-refractivity contribution in [3.05, 3.63) is 59.8 Å². The highest BCUT2D eigenvalue weighted by molar-refractivity contribution is 5.94. The molecule has 128 valence electrons. The summed E-state index contributed by atoms with van der Waals surface area (Å²) in [5, 5.41) is 11.8. The molecule has 6 heteroatoms. The van der Waals surface area contributed by atoms with Crippen molar-refractivity contribution in [2.75, 3.05) is 25.0 Å². The minimum atomic E-state index is -0.144. The summed E-state index contributed by atoms with van der Waals surface area (Å²) in [4.78, 5) is 20.4. The third-order valence-electron chi connectivity index (χ3n) is 4.33. The van der Waals surface area contributed by atoms with E-state index in [2.05, 4.69) is 28.6 Å². The maximum absolute atomic E-state index is 12.3. The van der Waals surface area contributed by atoms with E-state index in [1.165, 1.54) is 5.56 Å². The number of pyridine rings is 1. The number of hydrogen-bond acceptors (Lipinski definition) is 5. The molecular formula is C19H21N5O. The van der Waals surface area contributed by atoms with Crippen molar-refractivity contribution >= 4 is 11.7 Å². The van der Waals surface area contributed by atoms with Crippen LogP contribution in [0.15, 0.2) is 48.7 Å². The van der Waals surface area contributed by atoms with Crippen molar-refractivity contribution in [1.29, 1.82) is 5.26 Å². The van der Waals surface area contributed by atoms with Crippen LogP contribution in [0.4, 0.5) is 5.82 Å². The molecule has 1 unspecified atom stereocenters. The van der Waals surface area contributed by atoms with E-state index in [1.807, 2.05) is 36.2 Å².